The van der Waals surface area contributed by atoms with Gasteiger partial charge in [-0.2, -0.15) is 0 Å². The summed E-state index contributed by atoms with van der Waals surface area (Å²) in [5.41, 5.74) is 5.56. The van der Waals surface area contributed by atoms with Gasteiger partial charge in [-0.25, -0.2) is 0 Å². The lowest BCUT2D eigenvalue weighted by atomic mass is 9.99. The molecule has 4 aromatic rings. The van der Waals surface area contributed by atoms with E-state index >= 15 is 0 Å². The molecule has 5 heterocycles. The van der Waals surface area contributed by atoms with Crippen molar-refractivity contribution in [1.82, 2.24) is 35.6 Å². The summed E-state index contributed by atoms with van der Waals surface area (Å²) in [4.78, 5) is 70.7. The number of ether oxygens (including phenoxy) is 3. The Morgan fingerprint density at radius 3 is 2.38 bits per heavy atom. The highest BCUT2D eigenvalue weighted by Crippen LogP contribution is 2.40. The number of unbranched alkanes of at least 4 members (excludes halogenated alkanes) is 1. The summed E-state index contributed by atoms with van der Waals surface area (Å²) in [7, 11) is 0. The minimum atomic E-state index is -0.710. The van der Waals surface area contributed by atoms with Crippen molar-refractivity contribution in [2.45, 2.75) is 77.9 Å². The van der Waals surface area contributed by atoms with Crippen LogP contribution in [0.2, 0.25) is 5.02 Å². The number of benzene rings is 2. The van der Waals surface area contributed by atoms with Gasteiger partial charge in [-0.05, 0) is 76.4 Å². The van der Waals surface area contributed by atoms with Crippen LogP contribution in [0.4, 0.5) is 5.69 Å². The number of anilines is 1. The molecule has 19 heteroatoms. The van der Waals surface area contributed by atoms with E-state index in [1.165, 1.54) is 9.78 Å². The quantitative estimate of drug-likeness (QED) is 0.0637. The predicted octanol–water partition coefficient (Wildman–Crippen LogP) is 4.52. The first-order valence-corrected chi connectivity index (χ1v) is 22.8. The Labute approximate surface area is 380 Å². The van der Waals surface area contributed by atoms with Gasteiger partial charge in [-0.3, -0.25) is 38.8 Å². The number of aromatic nitrogens is 3. The van der Waals surface area contributed by atoms with Crippen LogP contribution in [0.1, 0.15) is 93.7 Å². The van der Waals surface area contributed by atoms with Gasteiger partial charge in [0.25, 0.3) is 5.91 Å². The number of hydrogen-bond donors (Lipinski definition) is 4. The van der Waals surface area contributed by atoms with E-state index in [1.54, 1.807) is 29.5 Å². The van der Waals surface area contributed by atoms with E-state index in [9.17, 15) is 24.0 Å². The van der Waals surface area contributed by atoms with Gasteiger partial charge in [0.1, 0.15) is 22.9 Å². The van der Waals surface area contributed by atoms with Crippen LogP contribution in [0, 0.1) is 20.8 Å². The Morgan fingerprint density at radius 2 is 1.62 bits per heavy atom. The molecule has 7 rings (SSSR count). The number of rotatable bonds is 22. The molecule has 2 aromatic carbocycles. The number of aryl methyl sites for hydroxylation is 2. The Morgan fingerprint density at radius 1 is 0.891 bits per heavy atom. The molecule has 3 aliphatic rings. The number of carbonyl (C=O) groups is 5. The van der Waals surface area contributed by atoms with Crippen LogP contribution in [0.5, 0.6) is 0 Å². The van der Waals surface area contributed by atoms with Gasteiger partial charge in [-0.1, -0.05) is 29.8 Å². The maximum atomic E-state index is 13.2. The van der Waals surface area contributed by atoms with Gasteiger partial charge in [0, 0.05) is 70.3 Å². The van der Waals surface area contributed by atoms with E-state index in [2.05, 4.69) is 45.3 Å². The monoisotopic (exact) mass is 915 g/mol. The maximum absolute atomic E-state index is 13.2. The molecule has 0 aliphatic carbocycles. The zero-order valence-electron chi connectivity index (χ0n) is 36.3. The van der Waals surface area contributed by atoms with Crippen molar-refractivity contribution in [3.05, 3.63) is 91.8 Å². The third-order valence-corrected chi connectivity index (χ3v) is 12.8. The number of aliphatic imine (C=N–C) groups is 1. The first-order valence-electron chi connectivity index (χ1n) is 21.6. The molecule has 340 valence electrons. The Kier molecular flexibility index (Phi) is 16.0. The molecule has 1 unspecified atom stereocenters. The van der Waals surface area contributed by atoms with Crippen molar-refractivity contribution in [1.29, 1.82) is 0 Å². The molecule has 64 heavy (non-hydrogen) atoms. The lowest BCUT2D eigenvalue weighted by molar-refractivity contribution is -0.137. The fraction of sp³-hybridized carbons (Fsp3) is 0.467. The van der Waals surface area contributed by atoms with Gasteiger partial charge < -0.3 is 35.1 Å². The topological polar surface area (TPSA) is 207 Å². The Balaban J connectivity index is 0.711. The Bertz CT molecular complexity index is 2380. The molecule has 0 bridgehead atoms. The highest BCUT2D eigenvalue weighted by molar-refractivity contribution is 7.15. The van der Waals surface area contributed by atoms with Crippen molar-refractivity contribution in [3.8, 4) is 5.00 Å². The average molecular weight is 917 g/mol. The average Bonchev–Trinajstić information content (AvgIpc) is 3.89. The molecule has 17 nitrogen and oxygen atoms in total. The lowest BCUT2D eigenvalue weighted by Crippen LogP contribution is -2.52. The van der Waals surface area contributed by atoms with Crippen molar-refractivity contribution < 1.29 is 38.2 Å². The molecular formula is C45H54ClN9O8S. The second-order valence-electron chi connectivity index (χ2n) is 15.8. The van der Waals surface area contributed by atoms with Crippen LogP contribution in [0.3, 0.4) is 0 Å². The second kappa shape index (κ2) is 22.0. The first-order chi connectivity index (χ1) is 31.0. The second-order valence-corrected chi connectivity index (χ2v) is 17.4. The van der Waals surface area contributed by atoms with E-state index in [0.717, 1.165) is 46.2 Å². The van der Waals surface area contributed by atoms with Crippen LogP contribution < -0.4 is 21.3 Å². The van der Waals surface area contributed by atoms with Crippen LogP contribution in [-0.4, -0.2) is 120 Å². The first kappa shape index (κ1) is 46.6. The molecule has 0 spiro atoms. The zero-order chi connectivity index (χ0) is 45.2. The SMILES string of the molecule is Cc1sc2c(c1C)C(c1ccc(Cl)cc1)=N[C@@H](CC(=O)NCCOCCOCCOCCNCCCCC(=O)Nc1cccc3c1CN(C1CCC(=O)NC1=O)C3=O)c1nnc(C)n1-2. The van der Waals surface area contributed by atoms with Crippen molar-refractivity contribution in [2.24, 2.45) is 4.99 Å². The predicted molar refractivity (Wildman–Crippen MR) is 241 cm³/mol. The number of hydrogen-bond acceptors (Lipinski definition) is 13. The minimum absolute atomic E-state index is 0.0972. The van der Waals surface area contributed by atoms with Gasteiger partial charge in [0.15, 0.2) is 5.82 Å². The summed E-state index contributed by atoms with van der Waals surface area (Å²) in [6.07, 6.45) is 2.37. The van der Waals surface area contributed by atoms with Gasteiger partial charge >= 0.3 is 0 Å². The summed E-state index contributed by atoms with van der Waals surface area (Å²) < 4.78 is 19.0. The molecule has 1 saturated heterocycles. The summed E-state index contributed by atoms with van der Waals surface area (Å²) in [5.74, 6) is -0.0362. The molecule has 1 fully saturated rings. The number of carbonyl (C=O) groups excluding carboxylic acids is 5. The van der Waals surface area contributed by atoms with Crippen molar-refractivity contribution >= 4 is 63.9 Å². The number of nitrogens with one attached hydrogen (secondary N) is 4. The third kappa shape index (κ3) is 11.3. The fourth-order valence-electron chi connectivity index (χ4n) is 7.91. The van der Waals surface area contributed by atoms with Gasteiger partial charge in [0.05, 0.1) is 51.8 Å². The number of imide groups is 1. The number of amides is 5. The van der Waals surface area contributed by atoms with E-state index in [4.69, 9.17) is 30.8 Å². The Hall–Kier alpha value is -5.37. The number of piperidine rings is 1. The highest BCUT2D eigenvalue weighted by atomic mass is 35.5. The largest absolute Gasteiger partial charge is 0.378 e. The van der Waals surface area contributed by atoms with Crippen LogP contribution in [-0.2, 0) is 39.9 Å². The molecular weight excluding hydrogens is 862 g/mol. The highest BCUT2D eigenvalue weighted by Gasteiger charge is 2.40. The van der Waals surface area contributed by atoms with E-state index < -0.39 is 18.0 Å². The fourth-order valence-corrected chi connectivity index (χ4v) is 9.25. The number of thiophene rings is 1. The normalized spacial score (nSPS) is 16.8. The lowest BCUT2D eigenvalue weighted by Gasteiger charge is -2.29. The molecule has 5 amide bonds. The number of fused-ring (bicyclic) bond motifs is 4. The van der Waals surface area contributed by atoms with E-state index in [1.807, 2.05) is 35.8 Å². The number of halogens is 1. The molecule has 0 radical (unpaired) electrons. The van der Waals surface area contributed by atoms with Crippen molar-refractivity contribution in [3.63, 3.8) is 0 Å². The molecule has 0 saturated carbocycles. The van der Waals surface area contributed by atoms with E-state index in [0.29, 0.717) is 93.2 Å². The molecule has 3 aliphatic heterocycles. The number of nitrogens with zero attached hydrogens (tertiary/aromatic N) is 5. The van der Waals surface area contributed by atoms with Crippen LogP contribution >= 0.6 is 22.9 Å². The maximum Gasteiger partial charge on any atom is 0.255 e. The van der Waals surface area contributed by atoms with Crippen LogP contribution in [0.15, 0.2) is 47.5 Å². The smallest absolute Gasteiger partial charge is 0.255 e. The van der Waals surface area contributed by atoms with E-state index in [-0.39, 0.29) is 49.4 Å². The van der Waals surface area contributed by atoms with Gasteiger partial charge in [0.2, 0.25) is 23.6 Å². The minimum Gasteiger partial charge on any atom is -0.378 e. The molecule has 4 N–H and O–H groups in total. The zero-order valence-corrected chi connectivity index (χ0v) is 37.9. The van der Waals surface area contributed by atoms with Crippen LogP contribution in [0.25, 0.3) is 5.00 Å². The molecule has 2 atom stereocenters. The van der Waals surface area contributed by atoms with Crippen molar-refractivity contribution in [2.75, 3.05) is 64.6 Å². The summed E-state index contributed by atoms with van der Waals surface area (Å²) in [6, 6.07) is 11.5. The summed E-state index contributed by atoms with van der Waals surface area (Å²) in [6.45, 7) is 10.5. The van der Waals surface area contributed by atoms with Gasteiger partial charge in [-0.15, -0.1) is 21.5 Å². The third-order valence-electron chi connectivity index (χ3n) is 11.3. The standard InChI is InChI=1S/C45H54ClN9O8S/c1-27-28(2)64-45-40(27)41(30-10-12-31(46)13-11-30)50-35(42-53-52-29(3)55(42)45)25-39(58)48-18-20-62-22-24-63-23-21-61-19-17-47-16-5-4-9-37(56)49-34-8-6-7-32-33(34)26-54(44(32)60)36-14-15-38(57)51-43(36)59/h6-8,10-13,35-36,47H,4-5,9,14-26H2,1-3H3,(H,48,58)(H,49,56)(H,51,57,59)/t35-,36?/m0/s1. The molecule has 2 aromatic heterocycles. The summed E-state index contributed by atoms with van der Waals surface area (Å²) in [5, 5.41) is 22.0. The summed E-state index contributed by atoms with van der Waals surface area (Å²) >= 11 is 7.88.